The van der Waals surface area contributed by atoms with Gasteiger partial charge in [-0.15, -0.1) is 0 Å². The number of phenolic OH excluding ortho intramolecular Hbond substituents is 1. The number of phenols is 1. The molecule has 10 nitrogen and oxygen atoms in total. The number of halogens is 3. The van der Waals surface area contributed by atoms with Crippen molar-refractivity contribution in [1.82, 2.24) is 4.90 Å². The summed E-state index contributed by atoms with van der Waals surface area (Å²) >= 11 is 0. The van der Waals surface area contributed by atoms with Crippen molar-refractivity contribution in [3.63, 3.8) is 0 Å². The normalized spacial score (nSPS) is 28.1. The summed E-state index contributed by atoms with van der Waals surface area (Å²) in [7, 11) is 1.99. The minimum atomic E-state index is -4.64. The van der Waals surface area contributed by atoms with Crippen LogP contribution in [-0.2, 0) is 35.7 Å². The highest BCUT2D eigenvalue weighted by Crippen LogP contribution is 2.65. The van der Waals surface area contributed by atoms with Crippen molar-refractivity contribution < 1.29 is 57.1 Å². The molecule has 0 amide bonds. The van der Waals surface area contributed by atoms with Gasteiger partial charge in [-0.2, -0.15) is 13.2 Å². The van der Waals surface area contributed by atoms with Crippen molar-refractivity contribution in [3.8, 4) is 11.5 Å². The van der Waals surface area contributed by atoms with Crippen molar-refractivity contribution in [2.45, 2.75) is 67.7 Å². The second kappa shape index (κ2) is 11.0. The second-order valence-electron chi connectivity index (χ2n) is 11.1. The Kier molecular flexibility index (Phi) is 7.78. The van der Waals surface area contributed by atoms with Crippen LogP contribution in [0.5, 0.6) is 11.5 Å². The molecule has 0 aromatic heterocycles. The van der Waals surface area contributed by atoms with Crippen LogP contribution >= 0.6 is 0 Å². The monoisotopic (exact) mass is 605 g/mol. The maximum atomic E-state index is 13.5. The van der Waals surface area contributed by atoms with E-state index in [4.69, 9.17) is 19.0 Å². The molecule has 6 rings (SSSR count). The van der Waals surface area contributed by atoms with Crippen LogP contribution in [0.3, 0.4) is 0 Å². The van der Waals surface area contributed by atoms with Crippen LogP contribution in [0.25, 0.3) is 0 Å². The third-order valence-electron chi connectivity index (χ3n) is 8.60. The maximum Gasteiger partial charge on any atom is 0.446 e. The fraction of sp³-hybridized carbons (Fsp3) is 0.433. The van der Waals surface area contributed by atoms with Gasteiger partial charge in [0.2, 0.25) is 12.4 Å². The van der Waals surface area contributed by atoms with Crippen molar-refractivity contribution in [3.05, 3.63) is 71.0 Å². The number of aliphatic hydroxyl groups excluding tert-OH is 1. The molecule has 2 aromatic rings. The van der Waals surface area contributed by atoms with Gasteiger partial charge in [0.25, 0.3) is 0 Å². The molecule has 2 bridgehead atoms. The molecule has 1 fully saturated rings. The van der Waals surface area contributed by atoms with Crippen LogP contribution in [0.4, 0.5) is 13.2 Å². The van der Waals surface area contributed by atoms with Crippen LogP contribution < -0.4 is 4.74 Å². The Hall–Kier alpha value is -3.94. The molecule has 0 radical (unpaired) electrons. The average Bonchev–Trinajstić information content (AvgIpc) is 3.33. The maximum absolute atomic E-state index is 13.5. The van der Waals surface area contributed by atoms with Gasteiger partial charge in [0.15, 0.2) is 17.6 Å². The first-order chi connectivity index (χ1) is 20.2. The minimum absolute atomic E-state index is 0.0269. The lowest BCUT2D eigenvalue weighted by molar-refractivity contribution is -0.178. The zero-order valence-electron chi connectivity index (χ0n) is 23.2. The van der Waals surface area contributed by atoms with Crippen molar-refractivity contribution in [2.75, 3.05) is 13.6 Å². The molecule has 2 heterocycles. The first-order valence-corrected chi connectivity index (χ1v) is 13.6. The highest BCUT2D eigenvalue weighted by molar-refractivity contribution is 5.83. The van der Waals surface area contributed by atoms with Gasteiger partial charge in [-0.3, -0.25) is 4.79 Å². The molecule has 2 aliphatic carbocycles. The van der Waals surface area contributed by atoms with Crippen LogP contribution in [0, 0.1) is 0 Å². The number of nitrogens with zero attached hydrogens (tertiary/aromatic N) is 1. The van der Waals surface area contributed by atoms with E-state index in [1.807, 2.05) is 13.1 Å². The van der Waals surface area contributed by atoms with Crippen molar-refractivity contribution in [1.29, 1.82) is 0 Å². The number of esters is 2. The smallest absolute Gasteiger partial charge is 0.446 e. The standard InChI is InChI=1S/C28H29NO8.C2HF3O/c1-15(30)25(32)37-22(16-6-4-3-5-7-16)26(33)35-19-10-11-28(34)20-14-17-8-9-18(31)23-21(17)27(28,24(19)36-23)12-13-29(20)2;3-2(4,5)1-6/h3-10,15,20,22,24,30-31,34H,11-14H2,1-2H3;1H/t15-,20+,22-,24-,27-,28+;/m0./s1. The molecule has 3 N–H and O–H groups in total. The van der Waals surface area contributed by atoms with Gasteiger partial charge in [-0.05, 0) is 51.1 Å². The van der Waals surface area contributed by atoms with Crippen LogP contribution in [0.2, 0.25) is 0 Å². The van der Waals surface area contributed by atoms with Crippen LogP contribution in [0.1, 0.15) is 42.6 Å². The Morgan fingerprint density at radius 2 is 1.84 bits per heavy atom. The van der Waals surface area contributed by atoms with E-state index in [1.165, 1.54) is 6.92 Å². The molecule has 13 heteroatoms. The first-order valence-electron chi connectivity index (χ1n) is 13.6. The van der Waals surface area contributed by atoms with E-state index in [9.17, 15) is 38.1 Å². The molecule has 0 unspecified atom stereocenters. The molecule has 2 aliphatic heterocycles. The van der Waals surface area contributed by atoms with E-state index < -0.39 is 53.7 Å². The van der Waals surface area contributed by atoms with Crippen molar-refractivity contribution in [2.24, 2.45) is 0 Å². The van der Waals surface area contributed by atoms with Gasteiger partial charge in [-0.1, -0.05) is 36.4 Å². The van der Waals surface area contributed by atoms with Gasteiger partial charge >= 0.3 is 18.1 Å². The number of carbonyl (C=O) groups excluding carboxylic acids is 3. The molecule has 1 saturated heterocycles. The summed E-state index contributed by atoms with van der Waals surface area (Å²) in [6.07, 6.45) is -6.34. The summed E-state index contributed by atoms with van der Waals surface area (Å²) in [5.41, 5.74) is 0.0716. The molecule has 230 valence electrons. The Morgan fingerprint density at radius 3 is 2.47 bits per heavy atom. The van der Waals surface area contributed by atoms with E-state index in [0.717, 1.165) is 11.1 Å². The van der Waals surface area contributed by atoms with E-state index >= 15 is 0 Å². The molecule has 2 aromatic carbocycles. The number of benzene rings is 2. The Morgan fingerprint density at radius 1 is 1.16 bits per heavy atom. The number of alkyl halides is 3. The molecule has 1 spiro atoms. The van der Waals surface area contributed by atoms with E-state index in [2.05, 4.69) is 4.90 Å². The molecule has 0 saturated carbocycles. The third-order valence-corrected chi connectivity index (χ3v) is 8.60. The molecule has 6 atom stereocenters. The van der Waals surface area contributed by atoms with E-state index in [-0.39, 0.29) is 24.0 Å². The van der Waals surface area contributed by atoms with Crippen LogP contribution in [-0.4, -0.2) is 82.1 Å². The summed E-state index contributed by atoms with van der Waals surface area (Å²) in [5.74, 6) is -1.32. The zero-order chi connectivity index (χ0) is 31.3. The first kappa shape index (κ1) is 30.5. The number of aliphatic hydroxyl groups is 2. The fourth-order valence-electron chi connectivity index (χ4n) is 6.70. The number of aldehydes is 1. The average molecular weight is 606 g/mol. The number of hydrogen-bond donors (Lipinski definition) is 3. The second-order valence-corrected chi connectivity index (χ2v) is 11.1. The summed E-state index contributed by atoms with van der Waals surface area (Å²) in [5, 5.41) is 32.5. The lowest BCUT2D eigenvalue weighted by Gasteiger charge is -2.61. The van der Waals surface area contributed by atoms with E-state index in [1.54, 1.807) is 42.5 Å². The van der Waals surface area contributed by atoms with Crippen LogP contribution in [0.15, 0.2) is 54.3 Å². The van der Waals surface area contributed by atoms with Gasteiger partial charge in [0.1, 0.15) is 11.9 Å². The van der Waals surface area contributed by atoms with Crippen molar-refractivity contribution >= 4 is 18.2 Å². The Bertz CT molecular complexity index is 1460. The van der Waals surface area contributed by atoms with Gasteiger partial charge < -0.3 is 34.4 Å². The Balaban J connectivity index is 0.000000559. The summed E-state index contributed by atoms with van der Waals surface area (Å²) < 4.78 is 48.8. The SMILES string of the molecule is C[C@H](O)C(=O)O[C@H](C(=O)OC1=CC[C@@]2(O)[C@H]3Cc4ccc(O)c5c4[C@@]2(CCN3C)[C@H]1O5)c1ccccc1.O=CC(F)(F)F. The molecular formula is C30H30F3NO9. The Labute approximate surface area is 244 Å². The number of ether oxygens (including phenoxy) is 3. The quantitative estimate of drug-likeness (QED) is 0.344. The summed E-state index contributed by atoms with van der Waals surface area (Å²) in [6, 6.07) is 11.7. The number of carbonyl (C=O) groups is 3. The molecular weight excluding hydrogens is 575 g/mol. The lowest BCUT2D eigenvalue weighted by atomic mass is 9.50. The fourth-order valence-corrected chi connectivity index (χ4v) is 6.70. The number of likely N-dealkylation sites (N-methyl/N-ethyl adjacent to an activating group) is 1. The minimum Gasteiger partial charge on any atom is -0.504 e. The van der Waals surface area contributed by atoms with Gasteiger partial charge in [0.05, 0.1) is 11.0 Å². The number of rotatable bonds is 5. The molecule has 4 aliphatic rings. The topological polar surface area (TPSA) is 143 Å². The number of likely N-dealkylation sites (tertiary alicyclic amines) is 1. The largest absolute Gasteiger partial charge is 0.504 e. The number of piperidine rings is 1. The van der Waals surface area contributed by atoms with E-state index in [0.29, 0.717) is 30.7 Å². The lowest BCUT2D eigenvalue weighted by Crippen LogP contribution is -2.74. The number of hydrogen-bond acceptors (Lipinski definition) is 10. The highest BCUT2D eigenvalue weighted by Gasteiger charge is 2.72. The summed E-state index contributed by atoms with van der Waals surface area (Å²) in [6.45, 7) is 1.95. The predicted octanol–water partition coefficient (Wildman–Crippen LogP) is 2.63. The predicted molar refractivity (Wildman–Crippen MR) is 142 cm³/mol. The number of aromatic hydroxyl groups is 1. The third kappa shape index (κ3) is 5.04. The van der Waals surface area contributed by atoms with Gasteiger partial charge in [-0.25, -0.2) is 9.59 Å². The van der Waals surface area contributed by atoms with Gasteiger partial charge in [0, 0.05) is 23.6 Å². The zero-order valence-corrected chi connectivity index (χ0v) is 23.2. The molecule has 43 heavy (non-hydrogen) atoms. The highest BCUT2D eigenvalue weighted by atomic mass is 19.4. The summed E-state index contributed by atoms with van der Waals surface area (Å²) in [4.78, 5) is 36.5.